The molecule has 0 aliphatic carbocycles. The monoisotopic (exact) mass is 442 g/mol. The van der Waals surface area contributed by atoms with E-state index in [0.717, 1.165) is 22.5 Å². The molecule has 2 aromatic carbocycles. The van der Waals surface area contributed by atoms with E-state index in [1.165, 1.54) is 0 Å². The summed E-state index contributed by atoms with van der Waals surface area (Å²) in [5, 5.41) is 0. The molecule has 0 saturated heterocycles. The van der Waals surface area contributed by atoms with Gasteiger partial charge in [-0.1, -0.05) is 19.1 Å². The highest BCUT2D eigenvalue weighted by molar-refractivity contribution is 7.91. The van der Waals surface area contributed by atoms with E-state index in [4.69, 9.17) is 0 Å². The Morgan fingerprint density at radius 1 is 1.13 bits per heavy atom. The average Bonchev–Trinajstić information content (AvgIpc) is 3.07. The SMILES string of the molecule is CCC(=O)N1c2ccc(S(=O)(=O)CCC(=O)N(CC)c3cccc(C)c3)cc2C[C@H]1C. The summed E-state index contributed by atoms with van der Waals surface area (Å²) in [5.74, 6) is -0.436. The number of sulfone groups is 1. The van der Waals surface area contributed by atoms with Gasteiger partial charge in [0.1, 0.15) is 0 Å². The van der Waals surface area contributed by atoms with Crippen LogP contribution >= 0.6 is 0 Å². The predicted molar refractivity (Wildman–Crippen MR) is 123 cm³/mol. The van der Waals surface area contributed by atoms with E-state index in [2.05, 4.69) is 0 Å². The van der Waals surface area contributed by atoms with Crippen LogP contribution in [0.1, 0.15) is 44.7 Å². The number of fused-ring (bicyclic) bond motifs is 1. The minimum absolute atomic E-state index is 0.00873. The lowest BCUT2D eigenvalue weighted by Gasteiger charge is -2.22. The summed E-state index contributed by atoms with van der Waals surface area (Å²) in [7, 11) is -3.62. The number of benzene rings is 2. The molecule has 3 rings (SSSR count). The van der Waals surface area contributed by atoms with Gasteiger partial charge in [-0.15, -0.1) is 0 Å². The molecule has 1 heterocycles. The van der Waals surface area contributed by atoms with Gasteiger partial charge in [-0.3, -0.25) is 9.59 Å². The predicted octanol–water partition coefficient (Wildman–Crippen LogP) is 3.90. The highest BCUT2D eigenvalue weighted by Crippen LogP contribution is 2.34. The first kappa shape index (κ1) is 23.0. The Hall–Kier alpha value is -2.67. The van der Waals surface area contributed by atoms with Crippen LogP contribution in [0, 0.1) is 6.92 Å². The molecule has 0 fully saturated rings. The van der Waals surface area contributed by atoms with Gasteiger partial charge in [0.05, 0.1) is 10.6 Å². The summed E-state index contributed by atoms with van der Waals surface area (Å²) in [4.78, 5) is 28.6. The van der Waals surface area contributed by atoms with Gasteiger partial charge >= 0.3 is 0 Å². The smallest absolute Gasteiger partial charge is 0.228 e. The van der Waals surface area contributed by atoms with Gasteiger partial charge in [-0.25, -0.2) is 8.42 Å². The summed E-state index contributed by atoms with van der Waals surface area (Å²) >= 11 is 0. The second-order valence-corrected chi connectivity index (χ2v) is 10.1. The molecule has 1 aliphatic rings. The topological polar surface area (TPSA) is 74.8 Å². The van der Waals surface area contributed by atoms with Crippen LogP contribution in [0.2, 0.25) is 0 Å². The van der Waals surface area contributed by atoms with E-state index in [1.54, 1.807) is 28.0 Å². The van der Waals surface area contributed by atoms with Crippen LogP contribution in [0.3, 0.4) is 0 Å². The maximum atomic E-state index is 12.9. The van der Waals surface area contributed by atoms with Crippen molar-refractivity contribution in [2.75, 3.05) is 22.1 Å². The zero-order chi connectivity index (χ0) is 22.8. The van der Waals surface area contributed by atoms with Crippen molar-refractivity contribution in [3.63, 3.8) is 0 Å². The Balaban J connectivity index is 1.75. The van der Waals surface area contributed by atoms with Crippen molar-refractivity contribution in [2.24, 2.45) is 0 Å². The van der Waals surface area contributed by atoms with E-state index in [-0.39, 0.29) is 34.9 Å². The van der Waals surface area contributed by atoms with E-state index < -0.39 is 9.84 Å². The first-order valence-electron chi connectivity index (χ1n) is 10.7. The molecular weight excluding hydrogens is 412 g/mol. The van der Waals surface area contributed by atoms with Crippen molar-refractivity contribution in [3.8, 4) is 0 Å². The third kappa shape index (κ3) is 4.82. The molecule has 2 amide bonds. The van der Waals surface area contributed by atoms with E-state index in [0.29, 0.717) is 19.4 Å². The minimum atomic E-state index is -3.62. The number of anilines is 2. The maximum Gasteiger partial charge on any atom is 0.228 e. The van der Waals surface area contributed by atoms with Crippen molar-refractivity contribution < 1.29 is 18.0 Å². The van der Waals surface area contributed by atoms with Crippen LogP contribution in [-0.2, 0) is 25.8 Å². The van der Waals surface area contributed by atoms with Gasteiger partial charge < -0.3 is 9.80 Å². The normalized spacial score (nSPS) is 15.6. The zero-order valence-corrected chi connectivity index (χ0v) is 19.4. The molecule has 0 aromatic heterocycles. The lowest BCUT2D eigenvalue weighted by atomic mass is 10.1. The van der Waals surface area contributed by atoms with Crippen LogP contribution < -0.4 is 9.80 Å². The van der Waals surface area contributed by atoms with Gasteiger partial charge in [0, 0.05) is 36.8 Å². The first-order chi connectivity index (χ1) is 14.7. The van der Waals surface area contributed by atoms with Crippen molar-refractivity contribution in [2.45, 2.75) is 57.9 Å². The molecular formula is C24H30N2O4S. The largest absolute Gasteiger partial charge is 0.313 e. The highest BCUT2D eigenvalue weighted by atomic mass is 32.2. The molecule has 0 saturated carbocycles. The van der Waals surface area contributed by atoms with E-state index in [1.807, 2.05) is 52.0 Å². The molecule has 166 valence electrons. The molecule has 0 spiro atoms. The number of hydrogen-bond acceptors (Lipinski definition) is 4. The molecule has 6 nitrogen and oxygen atoms in total. The van der Waals surface area contributed by atoms with Gasteiger partial charge in [0.25, 0.3) is 0 Å². The molecule has 7 heteroatoms. The summed E-state index contributed by atoms with van der Waals surface area (Å²) in [5.41, 5.74) is 3.46. The van der Waals surface area contributed by atoms with Crippen LogP contribution in [0.25, 0.3) is 0 Å². The van der Waals surface area contributed by atoms with Crippen LogP contribution in [-0.4, -0.2) is 38.6 Å². The van der Waals surface area contributed by atoms with Gasteiger partial charge in [0.15, 0.2) is 9.84 Å². The molecule has 0 bridgehead atoms. The fraction of sp³-hybridized carbons (Fsp3) is 0.417. The molecule has 2 aromatic rings. The number of aryl methyl sites for hydroxylation is 1. The number of amides is 2. The molecule has 1 aliphatic heterocycles. The van der Waals surface area contributed by atoms with Crippen LogP contribution in [0.15, 0.2) is 47.4 Å². The number of carbonyl (C=O) groups excluding carboxylic acids is 2. The lowest BCUT2D eigenvalue weighted by Crippen LogP contribution is -2.35. The Morgan fingerprint density at radius 2 is 1.87 bits per heavy atom. The van der Waals surface area contributed by atoms with Gasteiger partial charge in [0.2, 0.25) is 11.8 Å². The van der Waals surface area contributed by atoms with Gasteiger partial charge in [-0.2, -0.15) is 0 Å². The molecule has 1 atom stereocenters. The molecule has 0 radical (unpaired) electrons. The lowest BCUT2D eigenvalue weighted by molar-refractivity contribution is -0.119. The van der Waals surface area contributed by atoms with Crippen molar-refractivity contribution >= 4 is 33.0 Å². The third-order valence-electron chi connectivity index (χ3n) is 5.71. The molecule has 0 unspecified atom stereocenters. The summed E-state index contributed by atoms with van der Waals surface area (Å²) in [6, 6.07) is 12.5. The Bertz CT molecular complexity index is 1090. The molecule has 31 heavy (non-hydrogen) atoms. The van der Waals surface area contributed by atoms with Crippen molar-refractivity contribution in [3.05, 3.63) is 53.6 Å². The summed E-state index contributed by atoms with van der Waals surface area (Å²) < 4.78 is 25.9. The first-order valence-corrected chi connectivity index (χ1v) is 12.4. The fourth-order valence-corrected chi connectivity index (χ4v) is 5.40. The second kappa shape index (κ2) is 9.22. The van der Waals surface area contributed by atoms with Crippen molar-refractivity contribution in [1.82, 2.24) is 0 Å². The quantitative estimate of drug-likeness (QED) is 0.652. The number of hydrogen-bond donors (Lipinski definition) is 0. The number of rotatable bonds is 7. The molecule has 0 N–H and O–H groups in total. The number of nitrogens with zero attached hydrogens (tertiary/aromatic N) is 2. The average molecular weight is 443 g/mol. The van der Waals surface area contributed by atoms with E-state index >= 15 is 0 Å². The summed E-state index contributed by atoms with van der Waals surface area (Å²) in [6.07, 6.45) is 0.944. The Morgan fingerprint density at radius 3 is 2.52 bits per heavy atom. The maximum absolute atomic E-state index is 12.9. The zero-order valence-electron chi connectivity index (χ0n) is 18.6. The summed E-state index contributed by atoms with van der Waals surface area (Å²) in [6.45, 7) is 8.08. The van der Waals surface area contributed by atoms with E-state index in [9.17, 15) is 18.0 Å². The van der Waals surface area contributed by atoms with Gasteiger partial charge in [-0.05, 0) is 68.7 Å². The number of carbonyl (C=O) groups is 2. The third-order valence-corrected chi connectivity index (χ3v) is 7.43. The Kier molecular flexibility index (Phi) is 6.84. The van der Waals surface area contributed by atoms with Crippen molar-refractivity contribution in [1.29, 1.82) is 0 Å². The minimum Gasteiger partial charge on any atom is -0.313 e. The standard InChI is InChI=1S/C24H30N2O4S/c1-5-23(27)26-18(4)15-19-16-21(10-11-22(19)26)31(29,30)13-12-24(28)25(6-2)20-9-7-8-17(3)14-20/h7-11,14,16,18H,5-6,12-13,15H2,1-4H3/t18-/m1/s1. The highest BCUT2D eigenvalue weighted by Gasteiger charge is 2.31. The fourth-order valence-electron chi connectivity index (χ4n) is 4.12. The Labute approximate surface area is 184 Å². The second-order valence-electron chi connectivity index (χ2n) is 8.01. The van der Waals surface area contributed by atoms with Crippen LogP contribution in [0.5, 0.6) is 0 Å². The van der Waals surface area contributed by atoms with Crippen LogP contribution in [0.4, 0.5) is 11.4 Å².